The minimum atomic E-state index is -3.59. The Bertz CT molecular complexity index is 889. The predicted octanol–water partition coefficient (Wildman–Crippen LogP) is 3.71. The van der Waals surface area contributed by atoms with E-state index in [4.69, 9.17) is 0 Å². The highest BCUT2D eigenvalue weighted by Crippen LogP contribution is 2.22. The molecule has 0 heterocycles. The lowest BCUT2D eigenvalue weighted by Gasteiger charge is -2.29. The fraction of sp³-hybridized carbons (Fsp3) is 0.409. The summed E-state index contributed by atoms with van der Waals surface area (Å²) in [6.45, 7) is 7.76. The van der Waals surface area contributed by atoms with E-state index in [-0.39, 0.29) is 12.5 Å². The van der Waals surface area contributed by atoms with Crippen molar-refractivity contribution in [3.63, 3.8) is 0 Å². The van der Waals surface area contributed by atoms with Crippen LogP contribution >= 0.6 is 0 Å². The first kappa shape index (κ1) is 22.0. The van der Waals surface area contributed by atoms with E-state index in [0.29, 0.717) is 18.0 Å². The van der Waals surface area contributed by atoms with Gasteiger partial charge in [-0.05, 0) is 49.4 Å². The van der Waals surface area contributed by atoms with Crippen molar-refractivity contribution in [2.45, 2.75) is 45.6 Å². The fourth-order valence-electron chi connectivity index (χ4n) is 3.12. The van der Waals surface area contributed by atoms with E-state index in [1.54, 1.807) is 12.1 Å². The molecule has 0 radical (unpaired) electrons. The molecule has 152 valence electrons. The van der Waals surface area contributed by atoms with Crippen LogP contribution in [-0.4, -0.2) is 32.7 Å². The van der Waals surface area contributed by atoms with Crippen molar-refractivity contribution in [1.82, 2.24) is 5.32 Å². The molecule has 1 N–H and O–H groups in total. The molecule has 0 fully saturated rings. The third kappa shape index (κ3) is 6.37. The lowest BCUT2D eigenvalue weighted by atomic mass is 9.95. The number of benzene rings is 2. The number of rotatable bonds is 8. The Hall–Kier alpha value is -2.34. The molecule has 0 aromatic heterocycles. The van der Waals surface area contributed by atoms with Gasteiger partial charge in [-0.1, -0.05) is 56.3 Å². The fourth-order valence-corrected chi connectivity index (χ4v) is 3.98. The average Bonchev–Trinajstić information content (AvgIpc) is 2.59. The first-order chi connectivity index (χ1) is 13.0. The first-order valence-corrected chi connectivity index (χ1v) is 11.3. The number of amides is 1. The van der Waals surface area contributed by atoms with Crippen molar-refractivity contribution >= 4 is 21.6 Å². The second-order valence-electron chi connectivity index (χ2n) is 8.11. The molecule has 1 amide bonds. The summed E-state index contributed by atoms with van der Waals surface area (Å²) < 4.78 is 25.7. The molecular formula is C22H30N2O3S. The minimum absolute atomic E-state index is 0.252. The molecule has 0 spiro atoms. The van der Waals surface area contributed by atoms with E-state index in [9.17, 15) is 13.2 Å². The Balaban J connectivity index is 2.12. The van der Waals surface area contributed by atoms with Crippen LogP contribution in [0.5, 0.6) is 0 Å². The molecule has 0 aliphatic rings. The zero-order valence-corrected chi connectivity index (χ0v) is 18.1. The van der Waals surface area contributed by atoms with Gasteiger partial charge in [-0.15, -0.1) is 0 Å². The van der Waals surface area contributed by atoms with E-state index < -0.39 is 15.6 Å². The summed E-state index contributed by atoms with van der Waals surface area (Å²) in [5.41, 5.74) is 2.22. The molecule has 5 nitrogen and oxygen atoms in total. The summed E-state index contributed by atoms with van der Waals surface area (Å²) in [7, 11) is -3.59. The summed E-state index contributed by atoms with van der Waals surface area (Å²) in [5, 5.41) is 2.96. The van der Waals surface area contributed by atoms with Gasteiger partial charge in [0.05, 0.1) is 11.9 Å². The maximum Gasteiger partial charge on any atom is 0.241 e. The molecule has 0 aliphatic heterocycles. The van der Waals surface area contributed by atoms with Crippen molar-refractivity contribution < 1.29 is 13.2 Å². The zero-order chi connectivity index (χ0) is 20.9. The highest BCUT2D eigenvalue weighted by Gasteiger charge is 2.25. The quantitative estimate of drug-likeness (QED) is 0.732. The summed E-state index contributed by atoms with van der Waals surface area (Å²) in [5.74, 6) is 0.0158. The number of nitrogens with zero attached hydrogens (tertiary/aromatic N) is 1. The first-order valence-electron chi connectivity index (χ1n) is 9.40. The Labute approximate surface area is 168 Å². The van der Waals surface area contributed by atoms with Gasteiger partial charge in [-0.25, -0.2) is 8.42 Å². The van der Waals surface area contributed by atoms with Gasteiger partial charge in [0.2, 0.25) is 15.9 Å². The molecule has 0 atom stereocenters. The van der Waals surface area contributed by atoms with Crippen LogP contribution in [0.3, 0.4) is 0 Å². The van der Waals surface area contributed by atoms with Crippen LogP contribution in [0.15, 0.2) is 54.6 Å². The van der Waals surface area contributed by atoms with Crippen LogP contribution in [0, 0.1) is 0 Å². The number of carbonyl (C=O) groups is 1. The van der Waals surface area contributed by atoms with Crippen LogP contribution < -0.4 is 9.62 Å². The smallest absolute Gasteiger partial charge is 0.241 e. The second kappa shape index (κ2) is 8.78. The Morgan fingerprint density at radius 2 is 1.61 bits per heavy atom. The van der Waals surface area contributed by atoms with Crippen molar-refractivity contribution in [2.75, 3.05) is 17.1 Å². The van der Waals surface area contributed by atoms with Crippen LogP contribution in [0.2, 0.25) is 0 Å². The molecule has 28 heavy (non-hydrogen) atoms. The monoisotopic (exact) mass is 402 g/mol. The molecule has 2 aromatic rings. The Morgan fingerprint density at radius 1 is 1.04 bits per heavy atom. The molecule has 2 rings (SSSR count). The molecule has 2 aromatic carbocycles. The number of nitrogens with one attached hydrogen (secondary N) is 1. The molecular weight excluding hydrogens is 372 g/mol. The van der Waals surface area contributed by atoms with Gasteiger partial charge in [0, 0.05) is 5.54 Å². The Morgan fingerprint density at radius 3 is 2.11 bits per heavy atom. The van der Waals surface area contributed by atoms with Crippen molar-refractivity contribution in [1.29, 1.82) is 0 Å². The predicted molar refractivity (Wildman–Crippen MR) is 115 cm³/mol. The van der Waals surface area contributed by atoms with E-state index in [1.807, 2.05) is 56.3 Å². The van der Waals surface area contributed by atoms with Crippen molar-refractivity contribution in [3.05, 3.63) is 65.7 Å². The van der Waals surface area contributed by atoms with Gasteiger partial charge < -0.3 is 5.32 Å². The number of hydrogen-bond acceptors (Lipinski definition) is 3. The van der Waals surface area contributed by atoms with Crippen LogP contribution in [0.1, 0.15) is 44.7 Å². The number of sulfonamides is 1. The van der Waals surface area contributed by atoms with Gasteiger partial charge in [-0.2, -0.15) is 0 Å². The summed E-state index contributed by atoms with van der Waals surface area (Å²) in [4.78, 5) is 12.6. The molecule has 0 saturated heterocycles. The van der Waals surface area contributed by atoms with Gasteiger partial charge in [0.25, 0.3) is 0 Å². The van der Waals surface area contributed by atoms with Crippen molar-refractivity contribution in [3.8, 4) is 0 Å². The molecule has 6 heteroatoms. The topological polar surface area (TPSA) is 66.5 Å². The third-order valence-electron chi connectivity index (χ3n) is 4.50. The number of carbonyl (C=O) groups excluding carboxylic acids is 1. The van der Waals surface area contributed by atoms with E-state index in [2.05, 4.69) is 19.2 Å². The average molecular weight is 403 g/mol. The summed E-state index contributed by atoms with van der Waals surface area (Å²) in [6, 6.07) is 17.2. The molecule has 0 saturated carbocycles. The van der Waals surface area contributed by atoms with Crippen molar-refractivity contribution in [2.24, 2.45) is 0 Å². The molecule has 0 aliphatic carbocycles. The highest BCUT2D eigenvalue weighted by atomic mass is 32.2. The lowest BCUT2D eigenvalue weighted by molar-refractivity contribution is -0.121. The number of hydrogen-bond donors (Lipinski definition) is 1. The van der Waals surface area contributed by atoms with Crippen LogP contribution in [0.4, 0.5) is 5.69 Å². The SMILES string of the molecule is CC(C)c1ccc(N(CC(=O)NC(C)(C)Cc2ccccc2)S(C)(=O)=O)cc1. The second-order valence-corrected chi connectivity index (χ2v) is 10.0. The Kier molecular flexibility index (Phi) is 6.88. The van der Waals surface area contributed by atoms with Gasteiger partial charge in [0.1, 0.15) is 6.54 Å². The third-order valence-corrected chi connectivity index (χ3v) is 5.64. The number of anilines is 1. The van der Waals surface area contributed by atoms with Crippen LogP contribution in [0.25, 0.3) is 0 Å². The standard InChI is InChI=1S/C22H30N2O3S/c1-17(2)19-11-13-20(14-12-19)24(28(5,26)27)16-21(25)23-22(3,4)15-18-9-7-6-8-10-18/h6-14,17H,15-16H2,1-5H3,(H,23,25). The highest BCUT2D eigenvalue weighted by molar-refractivity contribution is 7.92. The lowest BCUT2D eigenvalue weighted by Crippen LogP contribution is -2.50. The minimum Gasteiger partial charge on any atom is -0.349 e. The maximum absolute atomic E-state index is 12.6. The van der Waals surface area contributed by atoms with Gasteiger partial charge in [0.15, 0.2) is 0 Å². The van der Waals surface area contributed by atoms with Gasteiger partial charge in [-0.3, -0.25) is 9.10 Å². The normalized spacial score (nSPS) is 12.1. The largest absolute Gasteiger partial charge is 0.349 e. The summed E-state index contributed by atoms with van der Waals surface area (Å²) in [6.07, 6.45) is 1.77. The molecule has 0 bridgehead atoms. The molecule has 0 unspecified atom stereocenters. The zero-order valence-electron chi connectivity index (χ0n) is 17.3. The van der Waals surface area contributed by atoms with Gasteiger partial charge >= 0.3 is 0 Å². The summed E-state index contributed by atoms with van der Waals surface area (Å²) >= 11 is 0. The van der Waals surface area contributed by atoms with E-state index in [0.717, 1.165) is 21.7 Å². The maximum atomic E-state index is 12.6. The van der Waals surface area contributed by atoms with E-state index in [1.165, 1.54) is 0 Å². The van der Waals surface area contributed by atoms with Crippen LogP contribution in [-0.2, 0) is 21.2 Å². The van der Waals surface area contributed by atoms with E-state index >= 15 is 0 Å².